The third-order valence-electron chi connectivity index (χ3n) is 3.81. The molecule has 0 spiro atoms. The maximum Gasteiger partial charge on any atom is 0.191 e. The first-order valence-corrected chi connectivity index (χ1v) is 8.78. The van der Waals surface area contributed by atoms with Gasteiger partial charge in [-0.3, -0.25) is 4.99 Å². The van der Waals surface area contributed by atoms with Crippen molar-refractivity contribution >= 4 is 29.9 Å². The van der Waals surface area contributed by atoms with E-state index < -0.39 is 0 Å². The van der Waals surface area contributed by atoms with E-state index in [1.807, 2.05) is 6.92 Å². The van der Waals surface area contributed by atoms with Crippen LogP contribution in [0.25, 0.3) is 0 Å². The van der Waals surface area contributed by atoms with Crippen LogP contribution in [0.3, 0.4) is 0 Å². The number of nitrogens with zero attached hydrogens (tertiary/aromatic N) is 1. The topological polar surface area (TPSA) is 54.9 Å². The van der Waals surface area contributed by atoms with Gasteiger partial charge in [-0.25, -0.2) is 4.39 Å². The molecule has 1 aliphatic heterocycles. The van der Waals surface area contributed by atoms with Crippen molar-refractivity contribution in [3.05, 3.63) is 29.1 Å². The van der Waals surface area contributed by atoms with Crippen LogP contribution in [0.1, 0.15) is 44.2 Å². The SMILES string of the molecule is CCCCCN=C(NCC)NCCc1cc(F)cc2c1OCOC2.I. The van der Waals surface area contributed by atoms with Crippen molar-refractivity contribution in [1.82, 2.24) is 10.6 Å². The lowest BCUT2D eigenvalue weighted by Crippen LogP contribution is -2.38. The largest absolute Gasteiger partial charge is 0.467 e. The molecule has 5 nitrogen and oxygen atoms in total. The minimum absolute atomic E-state index is 0. The molecule has 7 heteroatoms. The molecular formula is C18H29FIN3O2. The lowest BCUT2D eigenvalue weighted by atomic mass is 10.1. The molecule has 0 fully saturated rings. The van der Waals surface area contributed by atoms with E-state index in [2.05, 4.69) is 22.5 Å². The Labute approximate surface area is 166 Å². The third kappa shape index (κ3) is 7.35. The summed E-state index contributed by atoms with van der Waals surface area (Å²) in [7, 11) is 0. The van der Waals surface area contributed by atoms with E-state index in [9.17, 15) is 4.39 Å². The van der Waals surface area contributed by atoms with E-state index in [1.165, 1.54) is 25.0 Å². The van der Waals surface area contributed by atoms with Gasteiger partial charge < -0.3 is 20.1 Å². The lowest BCUT2D eigenvalue weighted by Gasteiger charge is -2.21. The van der Waals surface area contributed by atoms with Crippen molar-refractivity contribution in [3.8, 4) is 5.75 Å². The maximum absolute atomic E-state index is 13.7. The maximum atomic E-state index is 13.7. The molecule has 2 N–H and O–H groups in total. The number of fused-ring (bicyclic) bond motifs is 1. The van der Waals surface area contributed by atoms with Gasteiger partial charge in [-0.05, 0) is 37.5 Å². The van der Waals surface area contributed by atoms with Gasteiger partial charge in [-0.1, -0.05) is 19.8 Å². The van der Waals surface area contributed by atoms with E-state index in [0.29, 0.717) is 19.6 Å². The summed E-state index contributed by atoms with van der Waals surface area (Å²) < 4.78 is 24.5. The number of halogens is 2. The molecule has 1 aromatic carbocycles. The Kier molecular flexibility index (Phi) is 10.8. The molecule has 0 saturated carbocycles. The predicted octanol–water partition coefficient (Wildman–Crippen LogP) is 3.60. The summed E-state index contributed by atoms with van der Waals surface area (Å²) >= 11 is 0. The Morgan fingerprint density at radius 2 is 2.08 bits per heavy atom. The van der Waals surface area contributed by atoms with Gasteiger partial charge in [0, 0.05) is 25.2 Å². The second-order valence-corrected chi connectivity index (χ2v) is 5.81. The van der Waals surface area contributed by atoms with Crippen molar-refractivity contribution in [2.24, 2.45) is 4.99 Å². The summed E-state index contributed by atoms with van der Waals surface area (Å²) in [5.41, 5.74) is 1.64. The first-order valence-electron chi connectivity index (χ1n) is 8.78. The summed E-state index contributed by atoms with van der Waals surface area (Å²) in [5, 5.41) is 6.54. The zero-order valence-corrected chi connectivity index (χ0v) is 17.4. The molecule has 0 aliphatic carbocycles. The minimum atomic E-state index is -0.252. The van der Waals surface area contributed by atoms with Gasteiger partial charge in [0.25, 0.3) is 0 Å². The molecule has 0 atom stereocenters. The van der Waals surface area contributed by atoms with E-state index >= 15 is 0 Å². The third-order valence-corrected chi connectivity index (χ3v) is 3.81. The van der Waals surface area contributed by atoms with E-state index in [0.717, 1.165) is 42.3 Å². The van der Waals surface area contributed by atoms with Crippen LogP contribution in [0.2, 0.25) is 0 Å². The molecule has 142 valence electrons. The van der Waals surface area contributed by atoms with Crippen LogP contribution in [0.4, 0.5) is 4.39 Å². The number of hydrogen-bond acceptors (Lipinski definition) is 3. The van der Waals surface area contributed by atoms with Crippen LogP contribution in [0.15, 0.2) is 17.1 Å². The highest BCUT2D eigenvalue weighted by molar-refractivity contribution is 14.0. The molecule has 0 unspecified atom stereocenters. The van der Waals surface area contributed by atoms with Crippen molar-refractivity contribution in [2.75, 3.05) is 26.4 Å². The molecule has 0 radical (unpaired) electrons. The van der Waals surface area contributed by atoms with Gasteiger partial charge in [0.15, 0.2) is 12.8 Å². The van der Waals surface area contributed by atoms with Gasteiger partial charge in [0.1, 0.15) is 11.6 Å². The lowest BCUT2D eigenvalue weighted by molar-refractivity contribution is -0.0172. The van der Waals surface area contributed by atoms with Crippen molar-refractivity contribution in [2.45, 2.75) is 46.1 Å². The fraction of sp³-hybridized carbons (Fsp3) is 0.611. The molecule has 0 amide bonds. The van der Waals surface area contributed by atoms with Crippen molar-refractivity contribution in [1.29, 1.82) is 0 Å². The first kappa shape index (κ1) is 22.0. The van der Waals surface area contributed by atoms with Crippen LogP contribution in [0, 0.1) is 5.82 Å². The molecule has 25 heavy (non-hydrogen) atoms. The smallest absolute Gasteiger partial charge is 0.191 e. The fourth-order valence-electron chi connectivity index (χ4n) is 2.65. The fourth-order valence-corrected chi connectivity index (χ4v) is 2.65. The molecule has 1 aromatic rings. The van der Waals surface area contributed by atoms with E-state index in [-0.39, 0.29) is 36.6 Å². The second-order valence-electron chi connectivity index (χ2n) is 5.81. The average Bonchev–Trinajstić information content (AvgIpc) is 2.58. The van der Waals surface area contributed by atoms with Crippen molar-refractivity contribution < 1.29 is 13.9 Å². The summed E-state index contributed by atoms with van der Waals surface area (Å²) in [6, 6.07) is 3.02. The molecule has 0 bridgehead atoms. The van der Waals surface area contributed by atoms with E-state index in [1.54, 1.807) is 0 Å². The highest BCUT2D eigenvalue weighted by Gasteiger charge is 2.16. The zero-order valence-electron chi connectivity index (χ0n) is 15.1. The number of benzene rings is 1. The van der Waals surface area contributed by atoms with Gasteiger partial charge in [0.05, 0.1) is 6.61 Å². The van der Waals surface area contributed by atoms with Crippen LogP contribution in [-0.4, -0.2) is 32.4 Å². The Morgan fingerprint density at radius 1 is 1.24 bits per heavy atom. The number of unbranched alkanes of at least 4 members (excludes halogenated alkanes) is 2. The Balaban J connectivity index is 0.00000312. The molecule has 2 rings (SSSR count). The normalized spacial score (nSPS) is 13.5. The number of rotatable bonds is 8. The number of nitrogens with one attached hydrogen (secondary N) is 2. The average molecular weight is 465 g/mol. The first-order chi connectivity index (χ1) is 11.7. The van der Waals surface area contributed by atoms with E-state index in [4.69, 9.17) is 9.47 Å². The minimum Gasteiger partial charge on any atom is -0.467 e. The number of ether oxygens (including phenoxy) is 2. The van der Waals surface area contributed by atoms with Crippen LogP contribution in [-0.2, 0) is 17.8 Å². The van der Waals surface area contributed by atoms with Crippen LogP contribution in [0.5, 0.6) is 5.75 Å². The Bertz CT molecular complexity index is 555. The molecule has 1 heterocycles. The molecule has 0 aromatic heterocycles. The molecule has 1 aliphatic rings. The number of aliphatic imine (C=N–C) groups is 1. The number of hydrogen-bond donors (Lipinski definition) is 2. The Hall–Kier alpha value is -1.09. The van der Waals surface area contributed by atoms with Gasteiger partial charge >= 0.3 is 0 Å². The molecular weight excluding hydrogens is 436 g/mol. The molecule has 0 saturated heterocycles. The highest BCUT2D eigenvalue weighted by atomic mass is 127. The summed E-state index contributed by atoms with van der Waals surface area (Å²) in [6.45, 7) is 7.14. The summed E-state index contributed by atoms with van der Waals surface area (Å²) in [5.74, 6) is 1.32. The quantitative estimate of drug-likeness (QED) is 0.267. The Morgan fingerprint density at radius 3 is 2.84 bits per heavy atom. The standard InChI is InChI=1S/C18H28FN3O2.HI/c1-3-5-6-8-21-18(20-4-2)22-9-7-14-10-16(19)11-15-12-23-13-24-17(14)15;/h10-11H,3-9,12-13H2,1-2H3,(H2,20,21,22);1H. The van der Waals surface area contributed by atoms with Crippen LogP contribution >= 0.6 is 24.0 Å². The monoisotopic (exact) mass is 465 g/mol. The van der Waals surface area contributed by atoms with Gasteiger partial charge in [0.2, 0.25) is 0 Å². The van der Waals surface area contributed by atoms with Gasteiger partial charge in [-0.2, -0.15) is 0 Å². The summed E-state index contributed by atoms with van der Waals surface area (Å²) in [6.07, 6.45) is 4.14. The van der Waals surface area contributed by atoms with Crippen molar-refractivity contribution in [3.63, 3.8) is 0 Å². The van der Waals surface area contributed by atoms with Crippen LogP contribution < -0.4 is 15.4 Å². The highest BCUT2D eigenvalue weighted by Crippen LogP contribution is 2.29. The van der Waals surface area contributed by atoms with Gasteiger partial charge in [-0.15, -0.1) is 24.0 Å². The zero-order chi connectivity index (χ0) is 17.2. The second kappa shape index (κ2) is 12.3. The summed E-state index contributed by atoms with van der Waals surface area (Å²) in [4.78, 5) is 4.56. The predicted molar refractivity (Wildman–Crippen MR) is 109 cm³/mol. The number of guanidine groups is 1.